The molecule has 0 heterocycles. The van der Waals surface area contributed by atoms with E-state index in [0.29, 0.717) is 6.42 Å². The Morgan fingerprint density at radius 3 is 2.73 bits per heavy atom. The van der Waals surface area contributed by atoms with Crippen LogP contribution in [0.3, 0.4) is 0 Å². The molecule has 0 spiro atoms. The lowest BCUT2D eigenvalue weighted by atomic mass is 10.2. The average molecular weight is 224 g/mol. The highest BCUT2D eigenvalue weighted by Gasteiger charge is 2.08. The lowest BCUT2D eigenvalue weighted by Crippen LogP contribution is -2.31. The quantitative estimate of drug-likeness (QED) is 0.740. The maximum atomic E-state index is 11.0. The number of hydrogen-bond donors (Lipinski definition) is 2. The minimum absolute atomic E-state index is 0.00355. The summed E-state index contributed by atoms with van der Waals surface area (Å²) in [4.78, 5) is 12.2. The third-order valence-corrected chi connectivity index (χ3v) is 3.13. The van der Waals surface area contributed by atoms with Crippen molar-refractivity contribution in [2.75, 3.05) is 12.8 Å². The Morgan fingerprint density at radius 2 is 2.13 bits per heavy atom. The van der Waals surface area contributed by atoms with Crippen molar-refractivity contribution >= 4 is 17.7 Å². The van der Waals surface area contributed by atoms with E-state index in [1.807, 2.05) is 30.3 Å². The maximum Gasteiger partial charge on any atom is 0.221 e. The van der Waals surface area contributed by atoms with Gasteiger partial charge in [0.05, 0.1) is 0 Å². The van der Waals surface area contributed by atoms with Crippen molar-refractivity contribution in [2.24, 2.45) is 5.73 Å². The van der Waals surface area contributed by atoms with Crippen LogP contribution in [0.4, 0.5) is 0 Å². The molecule has 0 fully saturated rings. The number of amides is 1. The van der Waals surface area contributed by atoms with Gasteiger partial charge in [0.15, 0.2) is 0 Å². The van der Waals surface area contributed by atoms with E-state index in [2.05, 4.69) is 5.32 Å². The van der Waals surface area contributed by atoms with Crippen molar-refractivity contribution in [3.63, 3.8) is 0 Å². The molecule has 0 aliphatic carbocycles. The standard InChI is InChI=1S/C11H16N2OS/c1-13-11(14)7-9(12)8-15-10-5-3-2-4-6-10/h2-6,9H,7-8,12H2,1H3,(H,13,14)/t9-/m1/s1. The van der Waals surface area contributed by atoms with Crippen LogP contribution < -0.4 is 11.1 Å². The first-order valence-electron chi connectivity index (χ1n) is 4.86. The fourth-order valence-corrected chi connectivity index (χ4v) is 1.99. The van der Waals surface area contributed by atoms with Gasteiger partial charge in [0, 0.05) is 30.2 Å². The molecular weight excluding hydrogens is 208 g/mol. The third kappa shape index (κ3) is 4.85. The number of rotatable bonds is 5. The fraction of sp³-hybridized carbons (Fsp3) is 0.364. The van der Waals surface area contributed by atoms with Crippen molar-refractivity contribution in [1.29, 1.82) is 0 Å². The first kappa shape index (κ1) is 12.1. The summed E-state index contributed by atoms with van der Waals surface area (Å²) < 4.78 is 0. The molecule has 1 aromatic carbocycles. The minimum Gasteiger partial charge on any atom is -0.359 e. The van der Waals surface area contributed by atoms with E-state index < -0.39 is 0 Å². The highest BCUT2D eigenvalue weighted by Crippen LogP contribution is 2.17. The molecule has 82 valence electrons. The summed E-state index contributed by atoms with van der Waals surface area (Å²) in [6, 6.07) is 9.96. The van der Waals surface area contributed by atoms with E-state index >= 15 is 0 Å². The predicted molar refractivity (Wildman–Crippen MR) is 63.8 cm³/mol. The summed E-state index contributed by atoms with van der Waals surface area (Å²) in [5.41, 5.74) is 5.82. The molecule has 0 radical (unpaired) electrons. The van der Waals surface area contributed by atoms with Crippen LogP contribution in [-0.4, -0.2) is 24.7 Å². The minimum atomic E-state index is -0.0878. The highest BCUT2D eigenvalue weighted by molar-refractivity contribution is 7.99. The molecule has 0 aromatic heterocycles. The third-order valence-electron chi connectivity index (χ3n) is 1.93. The maximum absolute atomic E-state index is 11.0. The number of carbonyl (C=O) groups is 1. The number of nitrogens with two attached hydrogens (primary N) is 1. The predicted octanol–water partition coefficient (Wildman–Crippen LogP) is 1.24. The van der Waals surface area contributed by atoms with Crippen molar-refractivity contribution < 1.29 is 4.79 Å². The van der Waals surface area contributed by atoms with Crippen LogP contribution in [0.15, 0.2) is 35.2 Å². The second-order valence-corrected chi connectivity index (χ2v) is 4.35. The van der Waals surface area contributed by atoms with Gasteiger partial charge in [0.2, 0.25) is 5.91 Å². The summed E-state index contributed by atoms with van der Waals surface area (Å²) in [5.74, 6) is 0.758. The normalized spacial score (nSPS) is 12.1. The molecule has 0 saturated heterocycles. The lowest BCUT2D eigenvalue weighted by Gasteiger charge is -2.09. The second-order valence-electron chi connectivity index (χ2n) is 3.26. The summed E-state index contributed by atoms with van der Waals surface area (Å²) in [7, 11) is 1.62. The number of carbonyl (C=O) groups excluding carboxylic acids is 1. The van der Waals surface area contributed by atoms with E-state index in [0.717, 1.165) is 5.75 Å². The van der Waals surface area contributed by atoms with Crippen molar-refractivity contribution in [3.05, 3.63) is 30.3 Å². The summed E-state index contributed by atoms with van der Waals surface area (Å²) in [6.07, 6.45) is 0.385. The molecule has 0 bridgehead atoms. The van der Waals surface area contributed by atoms with Crippen LogP contribution in [-0.2, 0) is 4.79 Å². The van der Waals surface area contributed by atoms with Crippen LogP contribution in [0.2, 0.25) is 0 Å². The molecule has 3 N–H and O–H groups in total. The first-order chi connectivity index (χ1) is 7.22. The van der Waals surface area contributed by atoms with Gasteiger partial charge in [-0.15, -0.1) is 11.8 Å². The van der Waals surface area contributed by atoms with E-state index in [1.165, 1.54) is 4.90 Å². The summed E-state index contributed by atoms with van der Waals surface area (Å²) in [5, 5.41) is 2.57. The molecular formula is C11H16N2OS. The molecule has 0 saturated carbocycles. The van der Waals surface area contributed by atoms with Crippen molar-refractivity contribution in [3.8, 4) is 0 Å². The molecule has 1 aromatic rings. The van der Waals surface area contributed by atoms with Crippen LogP contribution >= 0.6 is 11.8 Å². The van der Waals surface area contributed by atoms with Crippen LogP contribution in [0.5, 0.6) is 0 Å². The van der Waals surface area contributed by atoms with E-state index in [1.54, 1.807) is 18.8 Å². The highest BCUT2D eigenvalue weighted by atomic mass is 32.2. The fourth-order valence-electron chi connectivity index (χ4n) is 1.12. The van der Waals surface area contributed by atoms with E-state index in [9.17, 15) is 4.79 Å². The van der Waals surface area contributed by atoms with Gasteiger partial charge in [-0.2, -0.15) is 0 Å². The molecule has 1 atom stereocenters. The monoisotopic (exact) mass is 224 g/mol. The van der Waals surface area contributed by atoms with Crippen molar-refractivity contribution in [2.45, 2.75) is 17.4 Å². The summed E-state index contributed by atoms with van der Waals surface area (Å²) >= 11 is 1.68. The van der Waals surface area contributed by atoms with Crippen LogP contribution in [0.1, 0.15) is 6.42 Å². The Hall–Kier alpha value is -1.00. The van der Waals surface area contributed by atoms with Gasteiger partial charge < -0.3 is 11.1 Å². The number of hydrogen-bond acceptors (Lipinski definition) is 3. The zero-order valence-electron chi connectivity index (χ0n) is 8.77. The van der Waals surface area contributed by atoms with E-state index in [4.69, 9.17) is 5.73 Å². The smallest absolute Gasteiger partial charge is 0.221 e. The summed E-state index contributed by atoms with van der Waals surface area (Å²) in [6.45, 7) is 0. The van der Waals surface area contributed by atoms with Gasteiger partial charge in [0.25, 0.3) is 0 Å². The molecule has 1 rings (SSSR count). The SMILES string of the molecule is CNC(=O)C[C@@H](N)CSc1ccccc1. The Morgan fingerprint density at radius 1 is 1.47 bits per heavy atom. The van der Waals surface area contributed by atoms with E-state index in [-0.39, 0.29) is 11.9 Å². The molecule has 0 aliphatic rings. The first-order valence-corrected chi connectivity index (χ1v) is 5.85. The van der Waals surface area contributed by atoms with Gasteiger partial charge in [-0.05, 0) is 12.1 Å². The molecule has 0 aliphatic heterocycles. The topological polar surface area (TPSA) is 55.1 Å². The zero-order chi connectivity index (χ0) is 11.1. The van der Waals surface area contributed by atoms with Gasteiger partial charge in [-0.3, -0.25) is 4.79 Å². The Balaban J connectivity index is 2.28. The Kier molecular flexibility index (Phi) is 5.21. The van der Waals surface area contributed by atoms with Crippen molar-refractivity contribution in [1.82, 2.24) is 5.32 Å². The number of benzene rings is 1. The molecule has 3 nitrogen and oxygen atoms in total. The van der Waals surface area contributed by atoms with Gasteiger partial charge in [0.1, 0.15) is 0 Å². The zero-order valence-corrected chi connectivity index (χ0v) is 9.59. The van der Waals surface area contributed by atoms with Gasteiger partial charge in [-0.1, -0.05) is 18.2 Å². The number of thioether (sulfide) groups is 1. The largest absolute Gasteiger partial charge is 0.359 e. The van der Waals surface area contributed by atoms with Crippen LogP contribution in [0, 0.1) is 0 Å². The Bertz CT molecular complexity index is 303. The van der Waals surface area contributed by atoms with Gasteiger partial charge >= 0.3 is 0 Å². The average Bonchev–Trinajstić information content (AvgIpc) is 2.27. The molecule has 1 amide bonds. The van der Waals surface area contributed by atoms with Gasteiger partial charge in [-0.25, -0.2) is 0 Å². The molecule has 15 heavy (non-hydrogen) atoms. The molecule has 0 unspecified atom stereocenters. The number of nitrogens with one attached hydrogen (secondary N) is 1. The molecule has 4 heteroatoms. The van der Waals surface area contributed by atoms with Crippen LogP contribution in [0.25, 0.3) is 0 Å². The Labute approximate surface area is 94.4 Å². The lowest BCUT2D eigenvalue weighted by molar-refractivity contribution is -0.120. The second kappa shape index (κ2) is 6.48.